The van der Waals surface area contributed by atoms with Crippen LogP contribution in [0.15, 0.2) is 11.6 Å². The van der Waals surface area contributed by atoms with Crippen LogP contribution in [0.5, 0.6) is 0 Å². The summed E-state index contributed by atoms with van der Waals surface area (Å²) in [6, 6.07) is 0. The van der Waals surface area contributed by atoms with Crippen LogP contribution >= 0.6 is 0 Å². The van der Waals surface area contributed by atoms with Crippen LogP contribution < -0.4 is 0 Å². The van der Waals surface area contributed by atoms with E-state index in [9.17, 15) is 0 Å². The van der Waals surface area contributed by atoms with Crippen molar-refractivity contribution in [3.05, 3.63) is 11.6 Å². The largest absolute Gasteiger partial charge is 0.393 e. The molecule has 1 aliphatic heterocycles. The molecule has 0 saturated carbocycles. The van der Waals surface area contributed by atoms with Crippen LogP contribution in [0.25, 0.3) is 0 Å². The van der Waals surface area contributed by atoms with Gasteiger partial charge in [0.05, 0.1) is 12.7 Å². The molecule has 2 heteroatoms. The third kappa shape index (κ3) is 2.04. The van der Waals surface area contributed by atoms with Gasteiger partial charge in [0.25, 0.3) is 0 Å². The Kier molecular flexibility index (Phi) is 2.35. The molecule has 0 unspecified atom stereocenters. The van der Waals surface area contributed by atoms with E-state index < -0.39 is 0 Å². The number of aliphatic hydroxyl groups excluding tert-OH is 1. The van der Waals surface area contributed by atoms with Gasteiger partial charge in [0.15, 0.2) is 0 Å². The summed E-state index contributed by atoms with van der Waals surface area (Å²) in [6.45, 7) is 6.21. The molecular weight excluding hydrogens is 140 g/mol. The summed E-state index contributed by atoms with van der Waals surface area (Å²) in [5.41, 5.74) is 1.06. The number of ether oxygens (including phenoxy) is 1. The highest BCUT2D eigenvalue weighted by Gasteiger charge is 2.50. The first kappa shape index (κ1) is 8.75. The predicted octanol–water partition coefficient (Wildman–Crippen LogP) is 1.49. The SMILES string of the molecule is CC(C)=CC[C@H]1O[C@]1(C)CO. The number of epoxide rings is 1. The number of hydrogen-bond acceptors (Lipinski definition) is 2. The van der Waals surface area contributed by atoms with E-state index >= 15 is 0 Å². The van der Waals surface area contributed by atoms with E-state index in [0.29, 0.717) is 0 Å². The Balaban J connectivity index is 2.29. The lowest BCUT2D eigenvalue weighted by Crippen LogP contribution is -2.14. The standard InChI is InChI=1S/C9H16O2/c1-7(2)4-5-8-9(3,6-10)11-8/h4,8,10H,5-6H2,1-3H3/t8-,9-/m1/s1. The zero-order chi connectivity index (χ0) is 8.48. The summed E-state index contributed by atoms with van der Waals surface area (Å²) >= 11 is 0. The minimum atomic E-state index is -0.244. The summed E-state index contributed by atoms with van der Waals surface area (Å²) in [4.78, 5) is 0. The van der Waals surface area contributed by atoms with Gasteiger partial charge in [-0.1, -0.05) is 11.6 Å². The second-order valence-electron chi connectivity index (χ2n) is 3.59. The molecule has 0 aromatic heterocycles. The zero-order valence-corrected chi connectivity index (χ0v) is 7.42. The molecule has 1 fully saturated rings. The molecule has 11 heavy (non-hydrogen) atoms. The minimum Gasteiger partial charge on any atom is -0.393 e. The maximum absolute atomic E-state index is 8.86. The Morgan fingerprint density at radius 2 is 2.27 bits per heavy atom. The molecule has 1 rings (SSSR count). The van der Waals surface area contributed by atoms with E-state index in [2.05, 4.69) is 19.9 Å². The molecule has 64 valence electrons. The van der Waals surface area contributed by atoms with Crippen LogP contribution in [0.3, 0.4) is 0 Å². The fraction of sp³-hybridized carbons (Fsp3) is 0.778. The Hall–Kier alpha value is -0.340. The molecule has 0 spiro atoms. The Morgan fingerprint density at radius 1 is 1.64 bits per heavy atom. The van der Waals surface area contributed by atoms with Crippen LogP contribution in [0, 0.1) is 0 Å². The summed E-state index contributed by atoms with van der Waals surface area (Å²) in [7, 11) is 0. The highest BCUT2D eigenvalue weighted by atomic mass is 16.6. The highest BCUT2D eigenvalue weighted by molar-refractivity contribution is 5.05. The maximum atomic E-state index is 8.86. The van der Waals surface area contributed by atoms with Crippen molar-refractivity contribution in [2.75, 3.05) is 6.61 Å². The lowest BCUT2D eigenvalue weighted by atomic mass is 10.1. The molecule has 0 aromatic rings. The second-order valence-corrected chi connectivity index (χ2v) is 3.59. The van der Waals surface area contributed by atoms with Gasteiger partial charge in [-0.15, -0.1) is 0 Å². The number of rotatable bonds is 3. The molecular formula is C9H16O2. The van der Waals surface area contributed by atoms with Crippen molar-refractivity contribution in [2.45, 2.75) is 38.9 Å². The molecule has 0 aliphatic carbocycles. The molecule has 2 nitrogen and oxygen atoms in total. The van der Waals surface area contributed by atoms with Crippen molar-refractivity contribution in [3.63, 3.8) is 0 Å². The van der Waals surface area contributed by atoms with Gasteiger partial charge in [0.1, 0.15) is 5.60 Å². The molecule has 0 radical (unpaired) electrons. The van der Waals surface area contributed by atoms with Gasteiger partial charge in [-0.3, -0.25) is 0 Å². The third-order valence-electron chi connectivity index (χ3n) is 2.09. The summed E-state index contributed by atoms with van der Waals surface area (Å²) < 4.78 is 5.31. The quantitative estimate of drug-likeness (QED) is 0.496. The van der Waals surface area contributed by atoms with Crippen molar-refractivity contribution in [1.82, 2.24) is 0 Å². The van der Waals surface area contributed by atoms with Crippen molar-refractivity contribution in [2.24, 2.45) is 0 Å². The number of aliphatic hydroxyl groups is 1. The van der Waals surface area contributed by atoms with Crippen molar-refractivity contribution >= 4 is 0 Å². The average Bonchev–Trinajstić information content (AvgIpc) is 2.59. The van der Waals surface area contributed by atoms with Crippen LogP contribution in [0.4, 0.5) is 0 Å². The van der Waals surface area contributed by atoms with Crippen molar-refractivity contribution in [3.8, 4) is 0 Å². The van der Waals surface area contributed by atoms with E-state index in [1.54, 1.807) is 0 Å². The van der Waals surface area contributed by atoms with E-state index in [1.165, 1.54) is 5.57 Å². The van der Waals surface area contributed by atoms with Gasteiger partial charge in [-0.2, -0.15) is 0 Å². The first-order valence-corrected chi connectivity index (χ1v) is 4.00. The predicted molar refractivity (Wildman–Crippen MR) is 44.4 cm³/mol. The molecule has 0 aromatic carbocycles. The monoisotopic (exact) mass is 156 g/mol. The molecule has 1 aliphatic rings. The average molecular weight is 156 g/mol. The first-order valence-electron chi connectivity index (χ1n) is 4.00. The molecule has 1 N–H and O–H groups in total. The normalized spacial score (nSPS) is 35.1. The van der Waals surface area contributed by atoms with Crippen LogP contribution in [0.1, 0.15) is 27.2 Å². The van der Waals surface area contributed by atoms with E-state index in [1.807, 2.05) is 6.92 Å². The van der Waals surface area contributed by atoms with Gasteiger partial charge < -0.3 is 9.84 Å². The van der Waals surface area contributed by atoms with E-state index in [4.69, 9.17) is 9.84 Å². The number of hydrogen-bond donors (Lipinski definition) is 1. The van der Waals surface area contributed by atoms with Crippen molar-refractivity contribution in [1.29, 1.82) is 0 Å². The van der Waals surface area contributed by atoms with Crippen LogP contribution in [-0.2, 0) is 4.74 Å². The van der Waals surface area contributed by atoms with Gasteiger partial charge in [-0.25, -0.2) is 0 Å². The fourth-order valence-corrected chi connectivity index (χ4v) is 1.07. The van der Waals surface area contributed by atoms with Gasteiger partial charge in [0, 0.05) is 0 Å². The summed E-state index contributed by atoms with van der Waals surface area (Å²) in [5, 5.41) is 8.86. The van der Waals surface area contributed by atoms with E-state index in [0.717, 1.165) is 6.42 Å². The van der Waals surface area contributed by atoms with E-state index in [-0.39, 0.29) is 18.3 Å². The summed E-state index contributed by atoms with van der Waals surface area (Å²) in [6.07, 6.45) is 3.31. The lowest BCUT2D eigenvalue weighted by molar-refractivity contribution is 0.184. The summed E-state index contributed by atoms with van der Waals surface area (Å²) in [5.74, 6) is 0. The topological polar surface area (TPSA) is 32.8 Å². The smallest absolute Gasteiger partial charge is 0.115 e. The highest BCUT2D eigenvalue weighted by Crippen LogP contribution is 2.38. The van der Waals surface area contributed by atoms with Crippen molar-refractivity contribution < 1.29 is 9.84 Å². The number of allylic oxidation sites excluding steroid dienone is 1. The minimum absolute atomic E-state index is 0.133. The molecule has 0 bridgehead atoms. The molecule has 0 amide bonds. The van der Waals surface area contributed by atoms with Gasteiger partial charge in [0.2, 0.25) is 0 Å². The zero-order valence-electron chi connectivity index (χ0n) is 7.42. The Bertz CT molecular complexity index is 170. The van der Waals surface area contributed by atoms with Crippen LogP contribution in [-0.4, -0.2) is 23.4 Å². The lowest BCUT2D eigenvalue weighted by Gasteiger charge is -1.97. The Morgan fingerprint density at radius 3 is 2.64 bits per heavy atom. The molecule has 1 heterocycles. The second kappa shape index (κ2) is 2.95. The molecule has 1 saturated heterocycles. The maximum Gasteiger partial charge on any atom is 0.115 e. The van der Waals surface area contributed by atoms with Gasteiger partial charge in [-0.05, 0) is 27.2 Å². The molecule has 2 atom stereocenters. The van der Waals surface area contributed by atoms with Gasteiger partial charge >= 0.3 is 0 Å². The fourth-order valence-electron chi connectivity index (χ4n) is 1.07. The van der Waals surface area contributed by atoms with Crippen LogP contribution in [0.2, 0.25) is 0 Å². The first-order chi connectivity index (χ1) is 5.08. The third-order valence-corrected chi connectivity index (χ3v) is 2.09. The Labute approximate surface area is 67.9 Å².